The molecule has 4 atom stereocenters. The molecule has 0 heterocycles. The Morgan fingerprint density at radius 1 is 0.879 bits per heavy atom. The van der Waals surface area contributed by atoms with Crippen molar-refractivity contribution in [2.45, 2.75) is 89.9 Å². The maximum absolute atomic E-state index is 14.8. The molecule has 3 fully saturated rings. The van der Waals surface area contributed by atoms with Crippen molar-refractivity contribution in [3.05, 3.63) is 54.1 Å². The smallest absolute Gasteiger partial charge is 0.200 e. The summed E-state index contributed by atoms with van der Waals surface area (Å²) in [6.45, 7) is 5.86. The molecule has 0 aromatic heterocycles. The Bertz CT molecular complexity index is 808. The van der Waals surface area contributed by atoms with Crippen LogP contribution in [-0.2, 0) is 0 Å². The number of rotatable bonds is 8. The van der Waals surface area contributed by atoms with Gasteiger partial charge in [0.1, 0.15) is 6.61 Å². The number of fused-ring (bicyclic) bond motifs is 1. The van der Waals surface area contributed by atoms with Gasteiger partial charge in [0.2, 0.25) is 5.82 Å². The zero-order chi connectivity index (χ0) is 23.2. The maximum atomic E-state index is 14.8. The zero-order valence-electron chi connectivity index (χ0n) is 20.4. The fourth-order valence-electron chi connectivity index (χ4n) is 7.21. The Balaban J connectivity index is 1.29. The van der Waals surface area contributed by atoms with Crippen molar-refractivity contribution < 1.29 is 13.5 Å². The van der Waals surface area contributed by atoms with Crippen molar-refractivity contribution in [1.82, 2.24) is 0 Å². The van der Waals surface area contributed by atoms with Crippen molar-refractivity contribution in [3.63, 3.8) is 0 Å². The average Bonchev–Trinajstić information content (AvgIpc) is 2.85. The van der Waals surface area contributed by atoms with Crippen LogP contribution in [-0.4, -0.2) is 6.61 Å². The van der Waals surface area contributed by atoms with Crippen LogP contribution in [0.15, 0.2) is 36.9 Å². The molecule has 0 amide bonds. The van der Waals surface area contributed by atoms with Crippen LogP contribution >= 0.6 is 0 Å². The first kappa shape index (κ1) is 24.5. The predicted molar refractivity (Wildman–Crippen MR) is 132 cm³/mol. The second kappa shape index (κ2) is 11.7. The molecule has 33 heavy (non-hydrogen) atoms. The van der Waals surface area contributed by atoms with E-state index in [0.717, 1.165) is 36.5 Å². The molecule has 3 saturated carbocycles. The van der Waals surface area contributed by atoms with Gasteiger partial charge in [-0.25, -0.2) is 4.39 Å². The highest BCUT2D eigenvalue weighted by molar-refractivity contribution is 5.33. The van der Waals surface area contributed by atoms with Crippen molar-refractivity contribution in [1.29, 1.82) is 0 Å². The molecule has 0 saturated heterocycles. The Morgan fingerprint density at radius 3 is 2.27 bits per heavy atom. The lowest BCUT2D eigenvalue weighted by molar-refractivity contribution is 0.0708. The minimum absolute atomic E-state index is 0.0121. The van der Waals surface area contributed by atoms with E-state index in [2.05, 4.69) is 25.7 Å². The van der Waals surface area contributed by atoms with E-state index in [1.165, 1.54) is 64.2 Å². The summed E-state index contributed by atoms with van der Waals surface area (Å²) in [5, 5.41) is 0. The van der Waals surface area contributed by atoms with E-state index in [0.29, 0.717) is 11.5 Å². The summed E-state index contributed by atoms with van der Waals surface area (Å²) in [6.07, 6.45) is 21.5. The standard InChI is InChI=1S/C30H42F2O/c1-3-5-6-7-21-8-10-22(11-9-21)23-12-13-25-20-26(15-14-24(25)19-23)27-16-17-28(33-18-4-2)30(32)29(27)31/h3-5,16-17,21-26H,2,6-15,18-20H2,1H3/b5-3+. The Hall–Kier alpha value is -1.64. The quantitative estimate of drug-likeness (QED) is 0.355. The first-order valence-electron chi connectivity index (χ1n) is 13.4. The second-order valence-corrected chi connectivity index (χ2v) is 10.9. The highest BCUT2D eigenvalue weighted by Crippen LogP contribution is 2.51. The van der Waals surface area contributed by atoms with Crippen LogP contribution in [0.4, 0.5) is 8.78 Å². The van der Waals surface area contributed by atoms with Crippen LogP contribution in [0, 0.1) is 41.2 Å². The van der Waals surface area contributed by atoms with Gasteiger partial charge in [0, 0.05) is 0 Å². The number of hydrogen-bond donors (Lipinski definition) is 0. The summed E-state index contributed by atoms with van der Waals surface area (Å²) < 4.78 is 34.6. The molecule has 1 nitrogen and oxygen atoms in total. The molecule has 0 spiro atoms. The van der Waals surface area contributed by atoms with Gasteiger partial charge in [0.05, 0.1) is 0 Å². The van der Waals surface area contributed by atoms with Crippen LogP contribution in [0.5, 0.6) is 5.75 Å². The topological polar surface area (TPSA) is 9.23 Å². The molecule has 0 bridgehead atoms. The summed E-state index contributed by atoms with van der Waals surface area (Å²) in [7, 11) is 0. The van der Waals surface area contributed by atoms with Crippen molar-refractivity contribution in [2.75, 3.05) is 6.61 Å². The largest absolute Gasteiger partial charge is 0.486 e. The average molecular weight is 457 g/mol. The van der Waals surface area contributed by atoms with Crippen molar-refractivity contribution in [3.8, 4) is 5.75 Å². The van der Waals surface area contributed by atoms with Gasteiger partial charge >= 0.3 is 0 Å². The van der Waals surface area contributed by atoms with Crippen LogP contribution in [0.3, 0.4) is 0 Å². The van der Waals surface area contributed by atoms with Crippen molar-refractivity contribution >= 4 is 0 Å². The van der Waals surface area contributed by atoms with Gasteiger partial charge < -0.3 is 4.74 Å². The SMILES string of the molecule is C=CCOc1ccc(C2CCC3CC(C4CCC(CC/C=C/C)CC4)CCC3C2)c(F)c1F. The predicted octanol–water partition coefficient (Wildman–Crippen LogP) is 8.99. The molecular formula is C30H42F2O. The third-order valence-corrected chi connectivity index (χ3v) is 9.06. The molecule has 1 aromatic rings. The van der Waals surface area contributed by atoms with E-state index in [-0.39, 0.29) is 18.3 Å². The molecule has 0 radical (unpaired) electrons. The Labute approximate surface area is 199 Å². The fraction of sp³-hybridized carbons (Fsp3) is 0.667. The summed E-state index contributed by atoms with van der Waals surface area (Å²) in [6, 6.07) is 3.34. The molecule has 3 heteroatoms. The van der Waals surface area contributed by atoms with E-state index in [4.69, 9.17) is 4.74 Å². The molecule has 1 aromatic carbocycles. The van der Waals surface area contributed by atoms with E-state index in [1.807, 2.05) is 0 Å². The highest BCUT2D eigenvalue weighted by Gasteiger charge is 2.39. The fourth-order valence-corrected chi connectivity index (χ4v) is 7.21. The summed E-state index contributed by atoms with van der Waals surface area (Å²) >= 11 is 0. The Kier molecular flexibility index (Phi) is 8.66. The van der Waals surface area contributed by atoms with Crippen LogP contribution in [0.2, 0.25) is 0 Å². The first-order valence-corrected chi connectivity index (χ1v) is 13.4. The van der Waals surface area contributed by atoms with Gasteiger partial charge in [-0.1, -0.05) is 43.7 Å². The normalized spacial score (nSPS) is 32.5. The molecule has 4 rings (SSSR count). The van der Waals surface area contributed by atoms with E-state index in [1.54, 1.807) is 18.2 Å². The number of hydrogen-bond acceptors (Lipinski definition) is 1. The molecule has 0 N–H and O–H groups in total. The van der Waals surface area contributed by atoms with E-state index in [9.17, 15) is 8.78 Å². The number of halogens is 2. The van der Waals surface area contributed by atoms with Gasteiger partial charge in [-0.2, -0.15) is 4.39 Å². The minimum Gasteiger partial charge on any atom is -0.486 e. The van der Waals surface area contributed by atoms with Crippen LogP contribution < -0.4 is 4.74 Å². The third-order valence-electron chi connectivity index (χ3n) is 9.06. The highest BCUT2D eigenvalue weighted by atomic mass is 19.2. The lowest BCUT2D eigenvalue weighted by atomic mass is 9.60. The van der Waals surface area contributed by atoms with Gasteiger partial charge in [0.25, 0.3) is 0 Å². The second-order valence-electron chi connectivity index (χ2n) is 10.9. The van der Waals surface area contributed by atoms with E-state index < -0.39 is 11.6 Å². The van der Waals surface area contributed by atoms with E-state index >= 15 is 0 Å². The van der Waals surface area contributed by atoms with Gasteiger partial charge in [0.15, 0.2) is 11.6 Å². The summed E-state index contributed by atoms with van der Waals surface area (Å²) in [4.78, 5) is 0. The first-order chi connectivity index (χ1) is 16.1. The van der Waals surface area contributed by atoms with Gasteiger partial charge in [-0.05, 0) is 118 Å². The minimum atomic E-state index is -0.846. The zero-order valence-corrected chi connectivity index (χ0v) is 20.4. The molecule has 0 aliphatic heterocycles. The number of ether oxygens (including phenoxy) is 1. The van der Waals surface area contributed by atoms with Crippen LogP contribution in [0.25, 0.3) is 0 Å². The molecule has 4 unspecified atom stereocenters. The monoisotopic (exact) mass is 456 g/mol. The summed E-state index contributed by atoms with van der Waals surface area (Å²) in [5.41, 5.74) is 0.551. The van der Waals surface area contributed by atoms with Gasteiger partial charge in [-0.15, -0.1) is 0 Å². The maximum Gasteiger partial charge on any atom is 0.200 e. The third kappa shape index (κ3) is 5.89. The lowest BCUT2D eigenvalue weighted by Crippen LogP contribution is -2.34. The molecular weight excluding hydrogens is 414 g/mol. The number of allylic oxidation sites excluding steroid dienone is 2. The summed E-state index contributed by atoms with van der Waals surface area (Å²) in [5.74, 6) is 2.80. The Morgan fingerprint density at radius 2 is 1.55 bits per heavy atom. The van der Waals surface area contributed by atoms with Crippen molar-refractivity contribution in [2.24, 2.45) is 29.6 Å². The molecule has 3 aliphatic carbocycles. The van der Waals surface area contributed by atoms with Crippen LogP contribution in [0.1, 0.15) is 95.5 Å². The molecule has 3 aliphatic rings. The molecule has 182 valence electrons. The van der Waals surface area contributed by atoms with Gasteiger partial charge in [-0.3, -0.25) is 0 Å². The lowest BCUT2D eigenvalue weighted by Gasteiger charge is -2.45. The number of benzene rings is 1.